The lowest BCUT2D eigenvalue weighted by molar-refractivity contribution is 0.385. The van der Waals surface area contributed by atoms with Crippen LogP contribution in [0.1, 0.15) is 24.0 Å². The summed E-state index contributed by atoms with van der Waals surface area (Å²) in [7, 11) is 0. The summed E-state index contributed by atoms with van der Waals surface area (Å²) in [6.07, 6.45) is 2.49. The molecule has 1 unspecified atom stereocenters. The molecule has 2 aromatic carbocycles. The average molecular weight is 296 g/mol. The smallest absolute Gasteiger partial charge is 0.131 e. The number of aryl methyl sites for hydroxylation is 1. The van der Waals surface area contributed by atoms with Gasteiger partial charge in [-0.2, -0.15) is 0 Å². The topological polar surface area (TPSA) is 33.3 Å². The maximum Gasteiger partial charge on any atom is 0.131 e. The summed E-state index contributed by atoms with van der Waals surface area (Å²) in [6, 6.07) is 17.0. The standard InChI is InChI=1S/C19H24N2O/c1-15-8-10-18(11-9-15)22-19-7-3-2-5-16(19)13-21-17-6-4-12-20-14-17/h2-3,5,7-11,17,20-21H,4,6,12-14H2,1H3. The molecule has 1 heterocycles. The summed E-state index contributed by atoms with van der Waals surface area (Å²) in [6.45, 7) is 5.13. The van der Waals surface area contributed by atoms with Crippen molar-refractivity contribution in [2.75, 3.05) is 13.1 Å². The second-order valence-electron chi connectivity index (χ2n) is 5.95. The van der Waals surface area contributed by atoms with E-state index in [4.69, 9.17) is 4.74 Å². The van der Waals surface area contributed by atoms with Crippen LogP contribution in [0.15, 0.2) is 48.5 Å². The van der Waals surface area contributed by atoms with Crippen molar-refractivity contribution in [3.63, 3.8) is 0 Å². The Labute approximate surface area is 132 Å². The lowest BCUT2D eigenvalue weighted by atomic mass is 10.1. The van der Waals surface area contributed by atoms with Crippen LogP contribution in [0.2, 0.25) is 0 Å². The van der Waals surface area contributed by atoms with E-state index in [0.717, 1.165) is 31.1 Å². The molecule has 116 valence electrons. The van der Waals surface area contributed by atoms with Crippen molar-refractivity contribution in [2.24, 2.45) is 0 Å². The third kappa shape index (κ3) is 4.09. The first-order chi connectivity index (χ1) is 10.8. The minimum atomic E-state index is 0.557. The van der Waals surface area contributed by atoms with Gasteiger partial charge < -0.3 is 15.4 Å². The molecular formula is C19H24N2O. The number of benzene rings is 2. The maximum atomic E-state index is 6.05. The van der Waals surface area contributed by atoms with Crippen LogP contribution >= 0.6 is 0 Å². The first-order valence-electron chi connectivity index (χ1n) is 8.08. The fourth-order valence-electron chi connectivity index (χ4n) is 2.76. The predicted molar refractivity (Wildman–Crippen MR) is 90.4 cm³/mol. The van der Waals surface area contributed by atoms with E-state index < -0.39 is 0 Å². The van der Waals surface area contributed by atoms with Gasteiger partial charge in [0.25, 0.3) is 0 Å². The molecule has 3 heteroatoms. The molecule has 2 N–H and O–H groups in total. The zero-order chi connectivity index (χ0) is 15.2. The Hall–Kier alpha value is -1.84. The van der Waals surface area contributed by atoms with E-state index in [-0.39, 0.29) is 0 Å². The van der Waals surface area contributed by atoms with Crippen LogP contribution in [-0.4, -0.2) is 19.1 Å². The van der Waals surface area contributed by atoms with Gasteiger partial charge in [0.1, 0.15) is 11.5 Å². The molecule has 0 saturated carbocycles. The Morgan fingerprint density at radius 1 is 1.14 bits per heavy atom. The van der Waals surface area contributed by atoms with Gasteiger partial charge in [0.15, 0.2) is 0 Å². The van der Waals surface area contributed by atoms with Crippen molar-refractivity contribution in [3.8, 4) is 11.5 Å². The number of ether oxygens (including phenoxy) is 1. The molecule has 3 nitrogen and oxygen atoms in total. The highest BCUT2D eigenvalue weighted by molar-refractivity contribution is 5.38. The molecule has 0 radical (unpaired) electrons. The molecule has 0 aromatic heterocycles. The van der Waals surface area contributed by atoms with E-state index >= 15 is 0 Å². The monoisotopic (exact) mass is 296 g/mol. The molecule has 1 aliphatic rings. The fourth-order valence-corrected chi connectivity index (χ4v) is 2.76. The van der Waals surface area contributed by atoms with Gasteiger partial charge in [-0.1, -0.05) is 35.9 Å². The zero-order valence-corrected chi connectivity index (χ0v) is 13.1. The van der Waals surface area contributed by atoms with Gasteiger partial charge in [0.2, 0.25) is 0 Å². The second kappa shape index (κ2) is 7.43. The third-order valence-electron chi connectivity index (χ3n) is 4.10. The number of hydrogen-bond acceptors (Lipinski definition) is 3. The van der Waals surface area contributed by atoms with Crippen LogP contribution in [0.4, 0.5) is 0 Å². The molecule has 1 aliphatic heterocycles. The SMILES string of the molecule is Cc1ccc(Oc2ccccc2CNC2CCCNC2)cc1. The Balaban J connectivity index is 1.65. The van der Waals surface area contributed by atoms with Crippen LogP contribution < -0.4 is 15.4 Å². The summed E-state index contributed by atoms with van der Waals surface area (Å²) >= 11 is 0. The van der Waals surface area contributed by atoms with E-state index in [1.54, 1.807) is 0 Å². The summed E-state index contributed by atoms with van der Waals surface area (Å²) in [4.78, 5) is 0. The molecule has 0 aliphatic carbocycles. The van der Waals surface area contributed by atoms with Crippen LogP contribution in [0.25, 0.3) is 0 Å². The highest BCUT2D eigenvalue weighted by atomic mass is 16.5. The molecule has 1 atom stereocenters. The summed E-state index contributed by atoms with van der Waals surface area (Å²) < 4.78 is 6.05. The molecule has 1 fully saturated rings. The highest BCUT2D eigenvalue weighted by Crippen LogP contribution is 2.25. The van der Waals surface area contributed by atoms with E-state index in [9.17, 15) is 0 Å². The van der Waals surface area contributed by atoms with Gasteiger partial charge >= 0.3 is 0 Å². The molecule has 3 rings (SSSR count). The lowest BCUT2D eigenvalue weighted by Crippen LogP contribution is -2.42. The van der Waals surface area contributed by atoms with Gasteiger partial charge in [-0.15, -0.1) is 0 Å². The fraction of sp³-hybridized carbons (Fsp3) is 0.368. The van der Waals surface area contributed by atoms with E-state index in [1.807, 2.05) is 24.3 Å². The van der Waals surface area contributed by atoms with Crippen molar-refractivity contribution < 1.29 is 4.74 Å². The quantitative estimate of drug-likeness (QED) is 0.884. The van der Waals surface area contributed by atoms with Gasteiger partial charge in [-0.05, 0) is 44.5 Å². The van der Waals surface area contributed by atoms with Crippen molar-refractivity contribution >= 4 is 0 Å². The predicted octanol–water partition coefficient (Wildman–Crippen LogP) is 3.63. The molecule has 2 aromatic rings. The van der Waals surface area contributed by atoms with Crippen molar-refractivity contribution in [3.05, 3.63) is 59.7 Å². The van der Waals surface area contributed by atoms with Crippen LogP contribution in [0, 0.1) is 6.92 Å². The molecule has 1 saturated heterocycles. The number of piperidine rings is 1. The third-order valence-corrected chi connectivity index (χ3v) is 4.10. The Morgan fingerprint density at radius 2 is 1.95 bits per heavy atom. The van der Waals surface area contributed by atoms with Gasteiger partial charge in [-0.25, -0.2) is 0 Å². The minimum Gasteiger partial charge on any atom is -0.457 e. The Kier molecular flexibility index (Phi) is 5.09. The normalized spacial score (nSPS) is 18.1. The van der Waals surface area contributed by atoms with Gasteiger partial charge in [-0.3, -0.25) is 0 Å². The second-order valence-corrected chi connectivity index (χ2v) is 5.95. The van der Waals surface area contributed by atoms with Crippen molar-refractivity contribution in [1.29, 1.82) is 0 Å². The Bertz CT molecular complexity index is 589. The first kappa shape index (κ1) is 15.1. The van der Waals surface area contributed by atoms with E-state index in [2.05, 4.69) is 41.8 Å². The summed E-state index contributed by atoms with van der Waals surface area (Å²) in [5, 5.41) is 7.07. The molecule has 0 amide bonds. The zero-order valence-electron chi connectivity index (χ0n) is 13.1. The highest BCUT2D eigenvalue weighted by Gasteiger charge is 2.13. The number of nitrogens with one attached hydrogen (secondary N) is 2. The van der Waals surface area contributed by atoms with Gasteiger partial charge in [0.05, 0.1) is 0 Å². The van der Waals surface area contributed by atoms with Crippen LogP contribution in [0.3, 0.4) is 0 Å². The maximum absolute atomic E-state index is 6.05. The minimum absolute atomic E-state index is 0.557. The van der Waals surface area contributed by atoms with Crippen molar-refractivity contribution in [2.45, 2.75) is 32.4 Å². The molecule has 22 heavy (non-hydrogen) atoms. The largest absolute Gasteiger partial charge is 0.457 e. The molecule has 0 spiro atoms. The number of hydrogen-bond donors (Lipinski definition) is 2. The van der Waals surface area contributed by atoms with Crippen LogP contribution in [0.5, 0.6) is 11.5 Å². The van der Waals surface area contributed by atoms with Crippen molar-refractivity contribution in [1.82, 2.24) is 10.6 Å². The number of rotatable bonds is 5. The lowest BCUT2D eigenvalue weighted by Gasteiger charge is -2.24. The number of para-hydroxylation sites is 1. The summed E-state index contributed by atoms with van der Waals surface area (Å²) in [5.74, 6) is 1.82. The Morgan fingerprint density at radius 3 is 2.73 bits per heavy atom. The molecular weight excluding hydrogens is 272 g/mol. The van der Waals surface area contributed by atoms with E-state index in [1.165, 1.54) is 24.0 Å². The summed E-state index contributed by atoms with van der Waals surface area (Å²) in [5.41, 5.74) is 2.45. The first-order valence-corrected chi connectivity index (χ1v) is 8.08. The van der Waals surface area contributed by atoms with Gasteiger partial charge in [0, 0.05) is 24.7 Å². The van der Waals surface area contributed by atoms with Crippen LogP contribution in [-0.2, 0) is 6.54 Å². The molecule has 0 bridgehead atoms. The van der Waals surface area contributed by atoms with E-state index in [0.29, 0.717) is 6.04 Å². The average Bonchev–Trinajstić information content (AvgIpc) is 2.57.